The number of hydrogen-bond donors (Lipinski definition) is 1. The molecule has 0 aliphatic heterocycles. The molecule has 1 aromatic rings. The summed E-state index contributed by atoms with van der Waals surface area (Å²) in [5.41, 5.74) is 8.21. The van der Waals surface area contributed by atoms with E-state index >= 15 is 0 Å². The third-order valence-corrected chi connectivity index (χ3v) is 3.11. The van der Waals surface area contributed by atoms with E-state index in [0.717, 1.165) is 30.0 Å². The van der Waals surface area contributed by atoms with Crippen molar-refractivity contribution < 1.29 is 4.74 Å². The van der Waals surface area contributed by atoms with Crippen LogP contribution in [0, 0.1) is 13.8 Å². The van der Waals surface area contributed by atoms with Gasteiger partial charge in [-0.15, -0.1) is 24.0 Å². The fourth-order valence-electron chi connectivity index (χ4n) is 1.98. The molecular formula is C15H26IN3O. The van der Waals surface area contributed by atoms with Crippen molar-refractivity contribution in [1.29, 1.82) is 0 Å². The van der Waals surface area contributed by atoms with E-state index in [4.69, 9.17) is 10.5 Å². The van der Waals surface area contributed by atoms with Crippen molar-refractivity contribution in [2.75, 3.05) is 26.2 Å². The number of aliphatic imine (C=N–C) groups is 1. The number of rotatable bonds is 6. The van der Waals surface area contributed by atoms with E-state index in [0.29, 0.717) is 19.1 Å². The highest BCUT2D eigenvalue weighted by Crippen LogP contribution is 2.21. The van der Waals surface area contributed by atoms with Crippen molar-refractivity contribution in [3.63, 3.8) is 0 Å². The molecule has 0 bridgehead atoms. The number of nitrogens with two attached hydrogens (primary N) is 1. The molecule has 4 nitrogen and oxygen atoms in total. The highest BCUT2D eigenvalue weighted by molar-refractivity contribution is 14.0. The molecule has 20 heavy (non-hydrogen) atoms. The Labute approximate surface area is 139 Å². The van der Waals surface area contributed by atoms with Crippen LogP contribution in [0.1, 0.15) is 25.0 Å². The number of hydrogen-bond acceptors (Lipinski definition) is 2. The van der Waals surface area contributed by atoms with Gasteiger partial charge in [0.2, 0.25) is 0 Å². The van der Waals surface area contributed by atoms with Gasteiger partial charge in [0.15, 0.2) is 5.96 Å². The Bertz CT molecular complexity index is 411. The average molecular weight is 391 g/mol. The molecule has 0 atom stereocenters. The van der Waals surface area contributed by atoms with Crippen molar-refractivity contribution in [3.05, 3.63) is 29.3 Å². The Hall–Kier alpha value is -0.980. The van der Waals surface area contributed by atoms with E-state index in [1.54, 1.807) is 0 Å². The number of ether oxygens (including phenoxy) is 1. The lowest BCUT2D eigenvalue weighted by Crippen LogP contribution is -2.37. The zero-order valence-corrected chi connectivity index (χ0v) is 15.2. The molecule has 0 aliphatic rings. The predicted octanol–water partition coefficient (Wildman–Crippen LogP) is 2.96. The van der Waals surface area contributed by atoms with Crippen LogP contribution in [0.4, 0.5) is 0 Å². The molecule has 0 aromatic heterocycles. The summed E-state index contributed by atoms with van der Waals surface area (Å²) in [6.07, 6.45) is 0. The Kier molecular flexibility index (Phi) is 9.37. The fraction of sp³-hybridized carbons (Fsp3) is 0.533. The van der Waals surface area contributed by atoms with Crippen LogP contribution in [0.25, 0.3) is 0 Å². The summed E-state index contributed by atoms with van der Waals surface area (Å²) in [5.74, 6) is 1.55. The van der Waals surface area contributed by atoms with E-state index in [2.05, 4.69) is 44.8 Å². The summed E-state index contributed by atoms with van der Waals surface area (Å²) in [4.78, 5) is 6.36. The van der Waals surface area contributed by atoms with Crippen LogP contribution in [0.5, 0.6) is 5.75 Å². The lowest BCUT2D eigenvalue weighted by molar-refractivity contribution is 0.323. The Morgan fingerprint density at radius 2 is 1.75 bits per heavy atom. The maximum atomic E-state index is 5.90. The normalized spacial score (nSPS) is 10.9. The van der Waals surface area contributed by atoms with Crippen molar-refractivity contribution in [3.8, 4) is 5.75 Å². The molecule has 0 spiro atoms. The number of para-hydroxylation sites is 1. The molecule has 0 amide bonds. The first kappa shape index (κ1) is 19.0. The van der Waals surface area contributed by atoms with Gasteiger partial charge in [-0.1, -0.05) is 18.2 Å². The number of nitrogens with zero attached hydrogens (tertiary/aromatic N) is 2. The summed E-state index contributed by atoms with van der Waals surface area (Å²) in [7, 11) is 0. The predicted molar refractivity (Wildman–Crippen MR) is 96.2 cm³/mol. The van der Waals surface area contributed by atoms with Crippen LogP contribution in [-0.2, 0) is 0 Å². The van der Waals surface area contributed by atoms with Gasteiger partial charge in [-0.05, 0) is 38.8 Å². The first-order chi connectivity index (χ1) is 9.10. The van der Waals surface area contributed by atoms with Gasteiger partial charge in [0.25, 0.3) is 0 Å². The number of halogens is 1. The van der Waals surface area contributed by atoms with Gasteiger partial charge in [0.1, 0.15) is 12.4 Å². The number of aryl methyl sites for hydroxylation is 2. The molecule has 1 aromatic carbocycles. The zero-order chi connectivity index (χ0) is 14.3. The van der Waals surface area contributed by atoms with E-state index in [1.807, 2.05) is 11.0 Å². The molecule has 0 saturated heterocycles. The molecule has 0 aliphatic carbocycles. The van der Waals surface area contributed by atoms with Crippen LogP contribution >= 0.6 is 24.0 Å². The third-order valence-electron chi connectivity index (χ3n) is 3.11. The van der Waals surface area contributed by atoms with Gasteiger partial charge in [-0.2, -0.15) is 0 Å². The molecule has 0 saturated carbocycles. The molecule has 0 fully saturated rings. The van der Waals surface area contributed by atoms with Crippen LogP contribution < -0.4 is 10.5 Å². The zero-order valence-electron chi connectivity index (χ0n) is 12.8. The lowest BCUT2D eigenvalue weighted by atomic mass is 10.1. The van der Waals surface area contributed by atoms with Crippen LogP contribution in [-0.4, -0.2) is 37.1 Å². The Morgan fingerprint density at radius 1 is 1.20 bits per heavy atom. The van der Waals surface area contributed by atoms with Crippen LogP contribution in [0.3, 0.4) is 0 Å². The highest BCUT2D eigenvalue weighted by Gasteiger charge is 2.03. The molecule has 5 heteroatoms. The molecule has 0 heterocycles. The van der Waals surface area contributed by atoms with Gasteiger partial charge in [0, 0.05) is 13.1 Å². The maximum absolute atomic E-state index is 5.90. The molecule has 0 radical (unpaired) electrons. The molecule has 0 unspecified atom stereocenters. The second kappa shape index (κ2) is 9.85. The van der Waals surface area contributed by atoms with Crippen molar-refractivity contribution in [1.82, 2.24) is 4.90 Å². The Balaban J connectivity index is 0.00000361. The highest BCUT2D eigenvalue weighted by atomic mass is 127. The Morgan fingerprint density at radius 3 is 2.25 bits per heavy atom. The molecule has 1 rings (SSSR count). The van der Waals surface area contributed by atoms with Crippen molar-refractivity contribution >= 4 is 29.9 Å². The quantitative estimate of drug-likeness (QED) is 0.351. The van der Waals surface area contributed by atoms with Crippen molar-refractivity contribution in [2.45, 2.75) is 27.7 Å². The topological polar surface area (TPSA) is 50.8 Å². The minimum Gasteiger partial charge on any atom is -0.491 e. The molecule has 114 valence electrons. The van der Waals surface area contributed by atoms with Crippen molar-refractivity contribution in [2.24, 2.45) is 10.7 Å². The maximum Gasteiger partial charge on any atom is 0.191 e. The fourth-order valence-corrected chi connectivity index (χ4v) is 1.98. The number of benzene rings is 1. The molecular weight excluding hydrogens is 365 g/mol. The summed E-state index contributed by atoms with van der Waals surface area (Å²) in [6.45, 7) is 11.1. The van der Waals surface area contributed by atoms with Gasteiger partial charge in [0.05, 0.1) is 6.54 Å². The van der Waals surface area contributed by atoms with Gasteiger partial charge < -0.3 is 15.4 Å². The van der Waals surface area contributed by atoms with Crippen LogP contribution in [0.15, 0.2) is 23.2 Å². The second-order valence-electron chi connectivity index (χ2n) is 4.48. The van der Waals surface area contributed by atoms with Gasteiger partial charge in [-0.3, -0.25) is 0 Å². The number of guanidine groups is 1. The van der Waals surface area contributed by atoms with E-state index in [1.165, 1.54) is 0 Å². The standard InChI is InChI=1S/C15H25N3O.HI/c1-5-18(6-2)15(16)17-10-11-19-14-12(3)8-7-9-13(14)4;/h7-9H,5-6,10-11H2,1-4H3,(H2,16,17);1H. The summed E-state index contributed by atoms with van der Waals surface area (Å²) >= 11 is 0. The summed E-state index contributed by atoms with van der Waals surface area (Å²) < 4.78 is 5.78. The SMILES string of the molecule is CCN(CC)C(N)=NCCOc1c(C)cccc1C.I. The lowest BCUT2D eigenvalue weighted by Gasteiger charge is -2.19. The molecule has 2 N–H and O–H groups in total. The van der Waals surface area contributed by atoms with E-state index in [9.17, 15) is 0 Å². The minimum absolute atomic E-state index is 0. The average Bonchev–Trinajstić information content (AvgIpc) is 2.38. The first-order valence-corrected chi connectivity index (χ1v) is 6.84. The smallest absolute Gasteiger partial charge is 0.191 e. The minimum atomic E-state index is 0. The van der Waals surface area contributed by atoms with E-state index < -0.39 is 0 Å². The van der Waals surface area contributed by atoms with Crippen LogP contribution in [0.2, 0.25) is 0 Å². The summed E-state index contributed by atoms with van der Waals surface area (Å²) in [6, 6.07) is 6.14. The summed E-state index contributed by atoms with van der Waals surface area (Å²) in [5, 5.41) is 0. The largest absolute Gasteiger partial charge is 0.491 e. The monoisotopic (exact) mass is 391 g/mol. The first-order valence-electron chi connectivity index (χ1n) is 6.84. The third kappa shape index (κ3) is 5.56. The van der Waals surface area contributed by atoms with Gasteiger partial charge >= 0.3 is 0 Å². The van der Waals surface area contributed by atoms with Gasteiger partial charge in [-0.25, -0.2) is 4.99 Å². The second-order valence-corrected chi connectivity index (χ2v) is 4.48. The van der Waals surface area contributed by atoms with E-state index in [-0.39, 0.29) is 24.0 Å².